The molecule has 2 rings (SSSR count). The number of carbonyl (C=O) groups excluding carboxylic acids is 4. The predicted octanol–water partition coefficient (Wildman–Crippen LogP) is 1.96. The second kappa shape index (κ2) is 3.04. The van der Waals surface area contributed by atoms with Crippen LogP contribution in [0.4, 0.5) is 19.2 Å². The maximum absolute atomic E-state index is 11.0. The van der Waals surface area contributed by atoms with E-state index < -0.39 is 50.0 Å². The Morgan fingerprint density at radius 2 is 1.54 bits per heavy atom. The molecule has 0 spiro atoms. The minimum atomic E-state index is -2.80. The fourth-order valence-corrected chi connectivity index (χ4v) is 15.4. The van der Waals surface area contributed by atoms with Crippen molar-refractivity contribution in [2.45, 2.75) is 0 Å². The Labute approximate surface area is 81.7 Å². The Morgan fingerprint density at radius 3 is 2.23 bits per heavy atom. The van der Waals surface area contributed by atoms with Gasteiger partial charge in [0, 0.05) is 0 Å². The topological polar surface area (TPSA) is 98.8 Å². The van der Waals surface area contributed by atoms with E-state index in [0.717, 1.165) is 0 Å². The second-order valence-corrected chi connectivity index (χ2v) is 18.6. The Hall–Kier alpha value is -0.460. The SMILES string of the molecule is O=C1NI2C(=O)OC(=O)I2C(=O)O1. The van der Waals surface area contributed by atoms with Gasteiger partial charge < -0.3 is 0 Å². The van der Waals surface area contributed by atoms with Crippen molar-refractivity contribution in [3.05, 3.63) is 0 Å². The Balaban J connectivity index is 2.34. The summed E-state index contributed by atoms with van der Waals surface area (Å²) in [5, 5.41) is 0. The van der Waals surface area contributed by atoms with Crippen LogP contribution < -0.4 is 3.53 Å². The molecular formula is C4HI2NO6. The van der Waals surface area contributed by atoms with E-state index in [2.05, 4.69) is 13.0 Å². The zero-order valence-corrected chi connectivity index (χ0v) is 10.0. The van der Waals surface area contributed by atoms with Crippen LogP contribution in [0.15, 0.2) is 0 Å². The number of hydrogen-bond donors (Lipinski definition) is 1. The molecule has 0 atom stereocenters. The molecular weight excluding hydrogens is 412 g/mol. The Morgan fingerprint density at radius 1 is 0.923 bits per heavy atom. The van der Waals surface area contributed by atoms with Crippen molar-refractivity contribution in [1.82, 2.24) is 3.53 Å². The van der Waals surface area contributed by atoms with Crippen LogP contribution in [-0.4, -0.2) is 18.0 Å². The van der Waals surface area contributed by atoms with Crippen LogP contribution in [0, 0.1) is 0 Å². The van der Waals surface area contributed by atoms with E-state index in [1.807, 2.05) is 0 Å². The van der Waals surface area contributed by atoms with E-state index in [-0.39, 0.29) is 0 Å². The fourth-order valence-electron chi connectivity index (χ4n) is 0.637. The first-order chi connectivity index (χ1) is 6.09. The van der Waals surface area contributed by atoms with Crippen LogP contribution in [0.2, 0.25) is 0 Å². The van der Waals surface area contributed by atoms with Gasteiger partial charge in [0.15, 0.2) is 0 Å². The van der Waals surface area contributed by atoms with Crippen LogP contribution in [0.25, 0.3) is 0 Å². The second-order valence-electron chi connectivity index (χ2n) is 1.77. The fraction of sp³-hybridized carbons (Fsp3) is 0. The van der Waals surface area contributed by atoms with Crippen LogP contribution in [0.1, 0.15) is 0 Å². The van der Waals surface area contributed by atoms with Crippen molar-refractivity contribution < 1.29 is 28.7 Å². The zero-order chi connectivity index (χ0) is 9.59. The molecule has 0 aliphatic carbocycles. The molecule has 2 aliphatic rings. The molecule has 1 amide bonds. The molecule has 72 valence electrons. The molecule has 0 saturated carbocycles. The zero-order valence-electron chi connectivity index (χ0n) is 5.71. The number of amides is 1. The quantitative estimate of drug-likeness (QED) is 0.282. The molecule has 0 aromatic carbocycles. The molecule has 0 radical (unpaired) electrons. The Bertz CT molecular complexity index is 340. The molecule has 1 N–H and O–H groups in total. The number of cyclic esters (lactones) is 4. The standard InChI is InChI=1S/C4HI2NO6/c8-1-5-2(9)13-4(11)7-6(5)3(10)12-1/h(H,7,11). The summed E-state index contributed by atoms with van der Waals surface area (Å²) in [5.74, 6) is 0. The average molecular weight is 413 g/mol. The molecule has 13 heavy (non-hydrogen) atoms. The molecule has 0 aromatic heterocycles. The number of carbonyl (C=O) groups is 4. The van der Waals surface area contributed by atoms with Crippen molar-refractivity contribution in [3.8, 4) is 0 Å². The summed E-state index contributed by atoms with van der Waals surface area (Å²) in [4.78, 5) is 43.6. The molecule has 9 heteroatoms. The van der Waals surface area contributed by atoms with Gasteiger partial charge in [-0.25, -0.2) is 0 Å². The number of rotatable bonds is 0. The molecule has 2 aliphatic heterocycles. The first kappa shape index (κ1) is 9.11. The predicted molar refractivity (Wildman–Crippen MR) is 54.9 cm³/mol. The van der Waals surface area contributed by atoms with E-state index in [1.165, 1.54) is 0 Å². The summed E-state index contributed by atoms with van der Waals surface area (Å²) < 4.78 is 8.41. The van der Waals surface area contributed by atoms with E-state index in [1.54, 1.807) is 0 Å². The van der Waals surface area contributed by atoms with Crippen molar-refractivity contribution in [1.29, 1.82) is 0 Å². The molecule has 7 nitrogen and oxygen atoms in total. The van der Waals surface area contributed by atoms with Crippen molar-refractivity contribution >= 4 is 50.0 Å². The number of fused-ring (bicyclic) bond motifs is 1. The normalized spacial score (nSPS) is 26.5. The van der Waals surface area contributed by atoms with Crippen molar-refractivity contribution in [2.75, 3.05) is 0 Å². The summed E-state index contributed by atoms with van der Waals surface area (Å²) in [7, 11) is 0. The van der Waals surface area contributed by atoms with Gasteiger partial charge >= 0.3 is 82.2 Å². The molecule has 2 fully saturated rings. The number of nitrogens with one attached hydrogen (secondary N) is 1. The van der Waals surface area contributed by atoms with Crippen molar-refractivity contribution in [3.63, 3.8) is 0 Å². The van der Waals surface area contributed by atoms with Crippen LogP contribution in [-0.2, 0) is 9.47 Å². The molecule has 0 unspecified atom stereocenters. The van der Waals surface area contributed by atoms with Gasteiger partial charge in [-0.3, -0.25) is 0 Å². The monoisotopic (exact) mass is 413 g/mol. The Kier molecular flexibility index (Phi) is 2.13. The van der Waals surface area contributed by atoms with Gasteiger partial charge in [-0.1, -0.05) is 0 Å². The minimum absolute atomic E-state index is 0.704. The molecule has 2 heterocycles. The van der Waals surface area contributed by atoms with Gasteiger partial charge in [-0.2, -0.15) is 0 Å². The summed E-state index contributed by atoms with van der Waals surface area (Å²) in [6, 6.07) is 0. The average Bonchev–Trinajstić information content (AvgIpc) is 2.27. The number of halogens is 2. The summed E-state index contributed by atoms with van der Waals surface area (Å²) in [6.45, 7) is 0. The van der Waals surface area contributed by atoms with Gasteiger partial charge in [0.2, 0.25) is 0 Å². The van der Waals surface area contributed by atoms with E-state index in [0.29, 0.717) is 0 Å². The van der Waals surface area contributed by atoms with Gasteiger partial charge in [-0.15, -0.1) is 0 Å². The maximum atomic E-state index is 11.0. The van der Waals surface area contributed by atoms with Gasteiger partial charge in [0.25, 0.3) is 0 Å². The molecule has 0 aromatic rings. The number of hydrogen-bond acceptors (Lipinski definition) is 6. The summed E-state index contributed by atoms with van der Waals surface area (Å²) in [5.41, 5.74) is 0. The molecule has 2 saturated heterocycles. The van der Waals surface area contributed by atoms with Crippen LogP contribution in [0.5, 0.6) is 0 Å². The number of ether oxygens (including phenoxy) is 2. The first-order valence-corrected chi connectivity index (χ1v) is 13.4. The third-order valence-corrected chi connectivity index (χ3v) is 19.3. The van der Waals surface area contributed by atoms with Gasteiger partial charge in [0.05, 0.1) is 0 Å². The van der Waals surface area contributed by atoms with Crippen LogP contribution >= 0.6 is 32.0 Å². The van der Waals surface area contributed by atoms with Gasteiger partial charge in [-0.05, 0) is 0 Å². The van der Waals surface area contributed by atoms with Crippen molar-refractivity contribution in [2.24, 2.45) is 0 Å². The van der Waals surface area contributed by atoms with E-state index >= 15 is 0 Å². The first-order valence-electron chi connectivity index (χ1n) is 2.78. The summed E-state index contributed by atoms with van der Waals surface area (Å²) in [6.07, 6.45) is -0.935. The van der Waals surface area contributed by atoms with Gasteiger partial charge in [0.1, 0.15) is 0 Å². The third kappa shape index (κ3) is 1.38. The summed E-state index contributed by atoms with van der Waals surface area (Å²) >= 11 is -5.47. The van der Waals surface area contributed by atoms with E-state index in [4.69, 9.17) is 0 Å². The third-order valence-electron chi connectivity index (χ3n) is 1.04. The van der Waals surface area contributed by atoms with Crippen LogP contribution in [0.3, 0.4) is 0 Å². The molecule has 0 bridgehead atoms. The van der Waals surface area contributed by atoms with E-state index in [9.17, 15) is 19.2 Å².